The van der Waals surface area contributed by atoms with Crippen molar-refractivity contribution in [1.29, 1.82) is 0 Å². The van der Waals surface area contributed by atoms with Crippen LogP contribution in [-0.2, 0) is 20.9 Å². The fourth-order valence-electron chi connectivity index (χ4n) is 3.12. The molecule has 0 spiro atoms. The molecular weight excluding hydrogens is 520 g/mol. The lowest BCUT2D eigenvalue weighted by Gasteiger charge is -2.13. The number of furan rings is 1. The quantitative estimate of drug-likeness (QED) is 0.265. The van der Waals surface area contributed by atoms with E-state index in [-0.39, 0.29) is 19.1 Å². The van der Waals surface area contributed by atoms with Crippen molar-refractivity contribution in [2.75, 3.05) is 13.2 Å². The van der Waals surface area contributed by atoms with Crippen LogP contribution < -0.4 is 4.74 Å². The van der Waals surface area contributed by atoms with Gasteiger partial charge in [0.1, 0.15) is 11.5 Å². The van der Waals surface area contributed by atoms with Crippen LogP contribution in [-0.4, -0.2) is 35.2 Å². The number of nitrogens with zero attached hydrogens (tertiary/aromatic N) is 2. The molecule has 1 aliphatic heterocycles. The lowest BCUT2D eigenvalue weighted by molar-refractivity contribution is -0.145. The molecule has 1 saturated heterocycles. The summed E-state index contributed by atoms with van der Waals surface area (Å²) in [5.41, 5.74) is 1.56. The molecule has 0 unspecified atom stereocenters. The number of hydrogen-bond donors (Lipinski definition) is 0. The van der Waals surface area contributed by atoms with Crippen LogP contribution in [0.4, 0.5) is 5.69 Å². The third-order valence-corrected chi connectivity index (χ3v) is 6.29. The molecule has 9 heteroatoms. The number of rotatable bonds is 8. The van der Waals surface area contributed by atoms with Crippen molar-refractivity contribution in [3.63, 3.8) is 0 Å². The Hall–Kier alpha value is -3.30. The summed E-state index contributed by atoms with van der Waals surface area (Å²) in [6.45, 7) is 2.15. The topological polar surface area (TPSA) is 81.3 Å². The molecule has 1 aromatic heterocycles. The van der Waals surface area contributed by atoms with Gasteiger partial charge in [-0.05, 0) is 82.7 Å². The van der Waals surface area contributed by atoms with Crippen LogP contribution in [0.25, 0.3) is 6.08 Å². The van der Waals surface area contributed by atoms with Gasteiger partial charge in [-0.15, -0.1) is 0 Å². The van der Waals surface area contributed by atoms with E-state index < -0.39 is 5.97 Å². The Labute approximate surface area is 209 Å². The molecule has 2 aromatic carbocycles. The molecule has 0 atom stereocenters. The summed E-state index contributed by atoms with van der Waals surface area (Å²) in [5.74, 6) is 0.582. The van der Waals surface area contributed by atoms with Crippen LogP contribution in [0.1, 0.15) is 18.2 Å². The molecule has 1 amide bonds. The number of carbonyl (C=O) groups excluding carboxylic acids is 2. The number of hydrogen-bond acceptors (Lipinski definition) is 7. The summed E-state index contributed by atoms with van der Waals surface area (Å²) >= 11 is 4.77. The highest BCUT2D eigenvalue weighted by Gasteiger charge is 2.34. The molecule has 3 aromatic rings. The maximum absolute atomic E-state index is 13.3. The Morgan fingerprint density at radius 2 is 2.00 bits per heavy atom. The van der Waals surface area contributed by atoms with E-state index in [9.17, 15) is 9.59 Å². The Morgan fingerprint density at radius 1 is 1.18 bits per heavy atom. The van der Waals surface area contributed by atoms with Gasteiger partial charge in [-0.1, -0.05) is 24.3 Å². The Kier molecular flexibility index (Phi) is 7.87. The third kappa shape index (κ3) is 5.98. The number of benzene rings is 2. The lowest BCUT2D eigenvalue weighted by Crippen LogP contribution is -2.28. The van der Waals surface area contributed by atoms with E-state index >= 15 is 0 Å². The van der Waals surface area contributed by atoms with Crippen molar-refractivity contribution < 1.29 is 23.5 Å². The second-order valence-corrected chi connectivity index (χ2v) is 8.96. The summed E-state index contributed by atoms with van der Waals surface area (Å²) in [5, 5.41) is 0.576. The zero-order valence-electron chi connectivity index (χ0n) is 18.3. The van der Waals surface area contributed by atoms with Crippen LogP contribution in [0.2, 0.25) is 0 Å². The molecule has 0 bridgehead atoms. The second-order valence-electron chi connectivity index (χ2n) is 7.09. The lowest BCUT2D eigenvalue weighted by atomic mass is 10.2. The summed E-state index contributed by atoms with van der Waals surface area (Å²) < 4.78 is 16.5. The van der Waals surface area contributed by atoms with E-state index in [1.807, 2.05) is 48.5 Å². The van der Waals surface area contributed by atoms with E-state index in [4.69, 9.17) is 13.9 Å². The first-order chi connectivity index (χ1) is 16.5. The number of carbonyl (C=O) groups is 2. The molecule has 34 heavy (non-hydrogen) atoms. The second kappa shape index (κ2) is 11.2. The first kappa shape index (κ1) is 23.8. The molecule has 0 radical (unpaired) electrons. The van der Waals surface area contributed by atoms with Gasteiger partial charge in [-0.3, -0.25) is 9.69 Å². The number of thioether (sulfide) groups is 1. The zero-order valence-corrected chi connectivity index (χ0v) is 20.7. The molecule has 0 aliphatic carbocycles. The normalized spacial score (nSPS) is 15.8. The van der Waals surface area contributed by atoms with Gasteiger partial charge in [0.05, 0.1) is 34.5 Å². The Balaban J connectivity index is 1.56. The Morgan fingerprint density at radius 3 is 2.71 bits per heavy atom. The Bertz CT molecular complexity index is 1230. The zero-order chi connectivity index (χ0) is 23.9. The smallest absolute Gasteiger partial charge is 0.344 e. The summed E-state index contributed by atoms with van der Waals surface area (Å²) in [6.07, 6.45) is 3.38. The van der Waals surface area contributed by atoms with Gasteiger partial charge < -0.3 is 13.9 Å². The number of esters is 1. The maximum Gasteiger partial charge on any atom is 0.344 e. The van der Waals surface area contributed by atoms with Crippen LogP contribution in [0, 0.1) is 0 Å². The minimum absolute atomic E-state index is 0.158. The van der Waals surface area contributed by atoms with Crippen molar-refractivity contribution in [3.05, 3.63) is 87.6 Å². The largest absolute Gasteiger partial charge is 0.481 e. The molecule has 2 heterocycles. The van der Waals surface area contributed by atoms with Crippen LogP contribution in [0.5, 0.6) is 5.75 Å². The first-order valence-electron chi connectivity index (χ1n) is 10.5. The van der Waals surface area contributed by atoms with E-state index in [1.54, 1.807) is 36.3 Å². The summed E-state index contributed by atoms with van der Waals surface area (Å²) in [6, 6.07) is 18.5. The van der Waals surface area contributed by atoms with E-state index in [2.05, 4.69) is 20.9 Å². The SMILES string of the molecule is CCOC(=O)COc1ccc(/C=C2/SC(=Nc3ccccc3)N(Cc3ccco3)C2=O)cc1Br. The first-order valence-corrected chi connectivity index (χ1v) is 12.1. The van der Waals surface area contributed by atoms with Gasteiger partial charge in [0.2, 0.25) is 0 Å². The average Bonchev–Trinajstić information content (AvgIpc) is 3.44. The number of amides is 1. The minimum atomic E-state index is -0.435. The summed E-state index contributed by atoms with van der Waals surface area (Å²) in [4.78, 5) is 31.6. The van der Waals surface area contributed by atoms with E-state index in [1.165, 1.54) is 11.8 Å². The predicted octanol–water partition coefficient (Wildman–Crippen LogP) is 5.79. The molecule has 0 N–H and O–H groups in total. The number of ether oxygens (including phenoxy) is 2. The van der Waals surface area contributed by atoms with Crippen molar-refractivity contribution in [2.24, 2.45) is 4.99 Å². The van der Waals surface area contributed by atoms with Crippen LogP contribution >= 0.6 is 27.7 Å². The molecule has 4 rings (SSSR count). The molecular formula is C25H21BrN2O5S. The molecule has 1 aliphatic rings. The highest BCUT2D eigenvalue weighted by molar-refractivity contribution is 9.10. The van der Waals surface area contributed by atoms with Crippen molar-refractivity contribution in [2.45, 2.75) is 13.5 Å². The van der Waals surface area contributed by atoms with E-state index in [0.29, 0.717) is 32.7 Å². The van der Waals surface area contributed by atoms with Gasteiger partial charge >= 0.3 is 5.97 Å². The van der Waals surface area contributed by atoms with Gasteiger partial charge in [0.25, 0.3) is 5.91 Å². The fourth-order valence-corrected chi connectivity index (χ4v) is 4.63. The predicted molar refractivity (Wildman–Crippen MR) is 135 cm³/mol. The number of para-hydroxylation sites is 1. The van der Waals surface area contributed by atoms with Gasteiger partial charge in [-0.2, -0.15) is 0 Å². The fraction of sp³-hybridized carbons (Fsp3) is 0.160. The number of aliphatic imine (C=N–C) groups is 1. The number of halogens is 1. The van der Waals surface area contributed by atoms with Crippen LogP contribution in [0.15, 0.2) is 85.7 Å². The highest BCUT2D eigenvalue weighted by Crippen LogP contribution is 2.36. The van der Waals surface area contributed by atoms with Gasteiger partial charge in [0, 0.05) is 0 Å². The molecule has 0 saturated carbocycles. The summed E-state index contributed by atoms with van der Waals surface area (Å²) in [7, 11) is 0. The molecule has 1 fully saturated rings. The van der Waals surface area contributed by atoms with Gasteiger partial charge in [-0.25, -0.2) is 9.79 Å². The standard InChI is InChI=1S/C25H21BrN2O5S/c1-2-31-23(29)16-33-21-11-10-17(13-20(21)26)14-22-24(30)28(15-19-9-6-12-32-19)25(34-22)27-18-7-4-3-5-8-18/h3-14H,2,15-16H2,1H3/b22-14+,27-25?. The van der Waals surface area contributed by atoms with E-state index in [0.717, 1.165) is 11.3 Å². The van der Waals surface area contributed by atoms with Crippen molar-refractivity contribution in [3.8, 4) is 5.75 Å². The minimum Gasteiger partial charge on any atom is -0.481 e. The van der Waals surface area contributed by atoms with Crippen molar-refractivity contribution >= 4 is 56.5 Å². The maximum atomic E-state index is 13.3. The number of amidine groups is 1. The van der Waals surface area contributed by atoms with Gasteiger partial charge in [0.15, 0.2) is 11.8 Å². The van der Waals surface area contributed by atoms with Crippen molar-refractivity contribution in [1.82, 2.24) is 4.90 Å². The molecule has 7 nitrogen and oxygen atoms in total. The molecule has 174 valence electrons. The van der Waals surface area contributed by atoms with Crippen LogP contribution in [0.3, 0.4) is 0 Å². The third-order valence-electron chi connectivity index (χ3n) is 4.67. The average molecular weight is 541 g/mol. The monoisotopic (exact) mass is 540 g/mol. The highest BCUT2D eigenvalue weighted by atomic mass is 79.9.